The molecule has 0 aliphatic carbocycles. The Kier molecular flexibility index (Phi) is 3.48. The first-order valence-corrected chi connectivity index (χ1v) is 8.50. The standard InChI is InChI=1S/C17H15IN4O/c1-10(11-5-3-2-4-6-11)22-9-12-7-13-15(20-21-16(13)18)8-14(12)19-17(22)23/h2-8,10H,9H2,1H3,(H,19,23)(H,20,21)/t10-/m1/s1. The molecule has 2 amide bonds. The minimum absolute atomic E-state index is 0.0171. The average Bonchev–Trinajstić information content (AvgIpc) is 2.93. The molecule has 6 heteroatoms. The van der Waals surface area contributed by atoms with Crippen LogP contribution in [0.15, 0.2) is 42.5 Å². The number of benzene rings is 2. The summed E-state index contributed by atoms with van der Waals surface area (Å²) in [7, 11) is 0. The Labute approximate surface area is 147 Å². The molecule has 4 rings (SSSR count). The van der Waals surface area contributed by atoms with E-state index < -0.39 is 0 Å². The van der Waals surface area contributed by atoms with Gasteiger partial charge in [-0.05, 0) is 52.8 Å². The number of carbonyl (C=O) groups is 1. The van der Waals surface area contributed by atoms with E-state index >= 15 is 0 Å². The Balaban J connectivity index is 1.72. The molecule has 0 bridgehead atoms. The minimum atomic E-state index is -0.0672. The zero-order chi connectivity index (χ0) is 16.0. The van der Waals surface area contributed by atoms with Crippen LogP contribution in [0.25, 0.3) is 10.9 Å². The van der Waals surface area contributed by atoms with Gasteiger partial charge in [0.05, 0.1) is 18.1 Å². The number of amides is 2. The lowest BCUT2D eigenvalue weighted by Gasteiger charge is -2.34. The number of aromatic nitrogens is 2. The number of hydrogen-bond acceptors (Lipinski definition) is 2. The number of halogens is 1. The molecule has 1 aliphatic heterocycles. The SMILES string of the molecule is C[C@H](c1ccccc1)N1Cc2cc3c(I)n[nH]c3cc2NC1=O. The van der Waals surface area contributed by atoms with Crippen LogP contribution in [0.1, 0.15) is 24.1 Å². The van der Waals surface area contributed by atoms with Gasteiger partial charge >= 0.3 is 6.03 Å². The maximum atomic E-state index is 12.5. The predicted octanol–water partition coefficient (Wildman–Crippen LogP) is 4.28. The van der Waals surface area contributed by atoms with E-state index in [2.05, 4.69) is 63.2 Å². The number of carbonyl (C=O) groups excluding carboxylic acids is 1. The van der Waals surface area contributed by atoms with Gasteiger partial charge in [0.2, 0.25) is 0 Å². The second-order valence-electron chi connectivity index (χ2n) is 5.71. The van der Waals surface area contributed by atoms with Crippen LogP contribution < -0.4 is 5.32 Å². The molecule has 1 aliphatic rings. The summed E-state index contributed by atoms with van der Waals surface area (Å²) in [6.07, 6.45) is 0. The van der Waals surface area contributed by atoms with Crippen molar-refractivity contribution in [1.82, 2.24) is 15.1 Å². The molecule has 2 aromatic carbocycles. The van der Waals surface area contributed by atoms with Crippen LogP contribution >= 0.6 is 22.6 Å². The third kappa shape index (κ3) is 2.46. The molecule has 0 unspecified atom stereocenters. The highest BCUT2D eigenvalue weighted by Crippen LogP contribution is 2.33. The van der Waals surface area contributed by atoms with E-state index in [9.17, 15) is 4.79 Å². The van der Waals surface area contributed by atoms with Gasteiger partial charge in [-0.15, -0.1) is 0 Å². The Bertz CT molecular complexity index is 890. The average molecular weight is 418 g/mol. The zero-order valence-electron chi connectivity index (χ0n) is 12.5. The van der Waals surface area contributed by atoms with Crippen LogP contribution in [0.2, 0.25) is 0 Å². The second-order valence-corrected chi connectivity index (χ2v) is 6.74. The summed E-state index contributed by atoms with van der Waals surface area (Å²) in [5, 5.41) is 11.3. The maximum Gasteiger partial charge on any atom is 0.322 e. The lowest BCUT2D eigenvalue weighted by atomic mass is 10.0. The monoisotopic (exact) mass is 418 g/mol. The first kappa shape index (κ1) is 14.5. The van der Waals surface area contributed by atoms with Gasteiger partial charge in [0, 0.05) is 11.1 Å². The summed E-state index contributed by atoms with van der Waals surface area (Å²) in [6, 6.07) is 14.1. The summed E-state index contributed by atoms with van der Waals surface area (Å²) in [5.74, 6) is 0. The van der Waals surface area contributed by atoms with E-state index in [0.717, 1.165) is 31.4 Å². The number of aromatic amines is 1. The van der Waals surface area contributed by atoms with Crippen LogP contribution in [0, 0.1) is 3.70 Å². The van der Waals surface area contributed by atoms with Crippen LogP contribution in [-0.2, 0) is 6.54 Å². The van der Waals surface area contributed by atoms with E-state index in [1.807, 2.05) is 29.2 Å². The van der Waals surface area contributed by atoms with Gasteiger partial charge in [0.25, 0.3) is 0 Å². The molecular weight excluding hydrogens is 403 g/mol. The minimum Gasteiger partial charge on any atom is -0.313 e. The number of H-pyrrole nitrogens is 1. The lowest BCUT2D eigenvalue weighted by molar-refractivity contribution is 0.186. The number of fused-ring (bicyclic) bond motifs is 2. The van der Waals surface area contributed by atoms with Gasteiger partial charge in [-0.1, -0.05) is 30.3 Å². The third-order valence-electron chi connectivity index (χ3n) is 4.33. The van der Waals surface area contributed by atoms with Crippen molar-refractivity contribution in [3.05, 3.63) is 57.3 Å². The van der Waals surface area contributed by atoms with Crippen LogP contribution in [-0.4, -0.2) is 21.1 Å². The largest absolute Gasteiger partial charge is 0.322 e. The molecule has 1 aromatic heterocycles. The fourth-order valence-electron chi connectivity index (χ4n) is 2.99. The van der Waals surface area contributed by atoms with Gasteiger partial charge in [-0.3, -0.25) is 5.10 Å². The molecule has 3 aromatic rings. The van der Waals surface area contributed by atoms with Crippen molar-refractivity contribution >= 4 is 45.2 Å². The van der Waals surface area contributed by atoms with Crippen LogP contribution in [0.5, 0.6) is 0 Å². The topological polar surface area (TPSA) is 61.0 Å². The summed E-state index contributed by atoms with van der Waals surface area (Å²) < 4.78 is 0.944. The van der Waals surface area contributed by atoms with Crippen LogP contribution in [0.4, 0.5) is 10.5 Å². The van der Waals surface area contributed by atoms with Crippen molar-refractivity contribution in [2.45, 2.75) is 19.5 Å². The Morgan fingerprint density at radius 1 is 1.26 bits per heavy atom. The van der Waals surface area contributed by atoms with E-state index in [0.29, 0.717) is 6.54 Å². The molecule has 0 radical (unpaired) electrons. The smallest absolute Gasteiger partial charge is 0.313 e. The van der Waals surface area contributed by atoms with Gasteiger partial charge in [-0.2, -0.15) is 5.10 Å². The van der Waals surface area contributed by atoms with Gasteiger partial charge in [0.15, 0.2) is 0 Å². The molecule has 0 fully saturated rings. The lowest BCUT2D eigenvalue weighted by Crippen LogP contribution is -2.40. The number of urea groups is 1. The Morgan fingerprint density at radius 3 is 2.83 bits per heavy atom. The fourth-order valence-corrected chi connectivity index (χ4v) is 3.56. The molecule has 0 spiro atoms. The van der Waals surface area contributed by atoms with Crippen molar-refractivity contribution < 1.29 is 4.79 Å². The number of hydrogen-bond donors (Lipinski definition) is 2. The fraction of sp³-hybridized carbons (Fsp3) is 0.176. The molecular formula is C17H15IN4O. The van der Waals surface area contributed by atoms with Crippen molar-refractivity contribution in [2.24, 2.45) is 0 Å². The molecule has 0 saturated heterocycles. The predicted molar refractivity (Wildman–Crippen MR) is 98.2 cm³/mol. The quantitative estimate of drug-likeness (QED) is 0.611. The normalized spacial score (nSPS) is 15.4. The Hall–Kier alpha value is -2.09. The molecule has 1 atom stereocenters. The van der Waals surface area contributed by atoms with E-state index in [1.54, 1.807) is 0 Å². The highest BCUT2D eigenvalue weighted by Gasteiger charge is 2.28. The van der Waals surface area contributed by atoms with Crippen molar-refractivity contribution in [3.63, 3.8) is 0 Å². The summed E-state index contributed by atoms with van der Waals surface area (Å²) >= 11 is 2.22. The molecule has 23 heavy (non-hydrogen) atoms. The molecule has 5 nitrogen and oxygen atoms in total. The summed E-state index contributed by atoms with van der Waals surface area (Å²) in [5.41, 5.74) is 4.04. The van der Waals surface area contributed by atoms with Crippen molar-refractivity contribution in [2.75, 3.05) is 5.32 Å². The van der Waals surface area contributed by atoms with Gasteiger partial charge < -0.3 is 10.2 Å². The zero-order valence-corrected chi connectivity index (χ0v) is 14.7. The van der Waals surface area contributed by atoms with E-state index in [1.165, 1.54) is 0 Å². The highest BCUT2D eigenvalue weighted by atomic mass is 127. The highest BCUT2D eigenvalue weighted by molar-refractivity contribution is 14.1. The number of rotatable bonds is 2. The molecule has 2 N–H and O–H groups in total. The molecule has 0 saturated carbocycles. The van der Waals surface area contributed by atoms with Crippen molar-refractivity contribution in [3.8, 4) is 0 Å². The number of nitrogens with one attached hydrogen (secondary N) is 2. The van der Waals surface area contributed by atoms with Gasteiger partial charge in [0.1, 0.15) is 3.70 Å². The first-order valence-electron chi connectivity index (χ1n) is 7.42. The number of nitrogens with zero attached hydrogens (tertiary/aromatic N) is 2. The van der Waals surface area contributed by atoms with E-state index in [4.69, 9.17) is 0 Å². The summed E-state index contributed by atoms with van der Waals surface area (Å²) in [4.78, 5) is 14.4. The third-order valence-corrected chi connectivity index (χ3v) is 5.16. The number of anilines is 1. The van der Waals surface area contributed by atoms with E-state index in [-0.39, 0.29) is 12.1 Å². The van der Waals surface area contributed by atoms with Crippen molar-refractivity contribution in [1.29, 1.82) is 0 Å². The maximum absolute atomic E-state index is 12.5. The van der Waals surface area contributed by atoms with Gasteiger partial charge in [-0.25, -0.2) is 4.79 Å². The molecule has 2 heterocycles. The van der Waals surface area contributed by atoms with Crippen LogP contribution in [0.3, 0.4) is 0 Å². The second kappa shape index (κ2) is 5.52. The first-order chi connectivity index (χ1) is 11.1. The Morgan fingerprint density at radius 2 is 2.04 bits per heavy atom. The molecule has 116 valence electrons. The summed E-state index contributed by atoms with van der Waals surface area (Å²) in [6.45, 7) is 2.65.